The van der Waals surface area contributed by atoms with E-state index in [1.165, 1.54) is 0 Å². The van der Waals surface area contributed by atoms with Crippen LogP contribution in [-0.2, 0) is 6.54 Å². The van der Waals surface area contributed by atoms with Crippen molar-refractivity contribution in [3.05, 3.63) is 54.1 Å². The van der Waals surface area contributed by atoms with Crippen molar-refractivity contribution in [2.45, 2.75) is 13.5 Å². The molecule has 0 bridgehead atoms. The molecular weight excluding hydrogens is 340 g/mol. The predicted molar refractivity (Wildman–Crippen MR) is 110 cm³/mol. The summed E-state index contributed by atoms with van der Waals surface area (Å²) in [5, 5.41) is 13.5. The largest absolute Gasteiger partial charge is 0.506 e. The molecular formula is C21H28N4O2. The fourth-order valence-corrected chi connectivity index (χ4v) is 3.34. The minimum Gasteiger partial charge on any atom is -0.506 e. The number of hydrogen-bond donors (Lipinski definition) is 2. The molecule has 0 saturated carbocycles. The number of para-hydroxylation sites is 3. The van der Waals surface area contributed by atoms with Crippen LogP contribution in [0.2, 0.25) is 0 Å². The van der Waals surface area contributed by atoms with Gasteiger partial charge in [-0.15, -0.1) is 0 Å². The third kappa shape index (κ3) is 4.64. The number of benzene rings is 2. The fraction of sp³-hybridized carbons (Fsp3) is 0.381. The fourth-order valence-electron chi connectivity index (χ4n) is 3.34. The molecule has 0 radical (unpaired) electrons. The molecule has 6 nitrogen and oxygen atoms in total. The van der Waals surface area contributed by atoms with Gasteiger partial charge >= 0.3 is 0 Å². The number of anilines is 1. The summed E-state index contributed by atoms with van der Waals surface area (Å²) in [4.78, 5) is 8.90. The van der Waals surface area contributed by atoms with Crippen LogP contribution >= 0.6 is 0 Å². The first kappa shape index (κ1) is 18.9. The minimum absolute atomic E-state index is 0.334. The molecule has 1 aliphatic heterocycles. The van der Waals surface area contributed by atoms with E-state index in [9.17, 15) is 5.11 Å². The van der Waals surface area contributed by atoms with Crippen molar-refractivity contribution in [2.75, 3.05) is 44.7 Å². The third-order valence-electron chi connectivity index (χ3n) is 4.72. The molecule has 2 aromatic carbocycles. The average Bonchev–Trinajstić information content (AvgIpc) is 2.71. The maximum absolute atomic E-state index is 10.1. The zero-order valence-electron chi connectivity index (χ0n) is 16.1. The maximum atomic E-state index is 10.1. The summed E-state index contributed by atoms with van der Waals surface area (Å²) >= 11 is 0. The number of ether oxygens (including phenoxy) is 1. The Morgan fingerprint density at radius 2 is 1.78 bits per heavy atom. The van der Waals surface area contributed by atoms with Crippen molar-refractivity contribution in [3.8, 4) is 11.5 Å². The van der Waals surface area contributed by atoms with E-state index in [-0.39, 0.29) is 0 Å². The number of nitrogens with one attached hydrogen (secondary N) is 1. The van der Waals surface area contributed by atoms with Crippen LogP contribution in [0.4, 0.5) is 5.69 Å². The summed E-state index contributed by atoms with van der Waals surface area (Å²) in [7, 11) is 1.81. The summed E-state index contributed by atoms with van der Waals surface area (Å²) in [6.45, 7) is 6.69. The molecule has 27 heavy (non-hydrogen) atoms. The predicted octanol–water partition coefficient (Wildman–Crippen LogP) is 2.69. The number of aromatic hydroxyl groups is 1. The third-order valence-corrected chi connectivity index (χ3v) is 4.72. The standard InChI is InChI=1S/C21H28N4O2/c1-3-27-20-11-7-4-8-17(20)16-23-21(22-2)25-14-12-24(13-15-25)18-9-5-6-10-19(18)26/h4-11,26H,3,12-16H2,1-2H3,(H,22,23). The second-order valence-electron chi connectivity index (χ2n) is 6.40. The molecule has 0 amide bonds. The quantitative estimate of drug-likeness (QED) is 0.628. The molecule has 6 heteroatoms. The van der Waals surface area contributed by atoms with Crippen LogP contribution in [0, 0.1) is 0 Å². The highest BCUT2D eigenvalue weighted by Crippen LogP contribution is 2.27. The second-order valence-corrected chi connectivity index (χ2v) is 6.40. The number of piperazine rings is 1. The van der Waals surface area contributed by atoms with Crippen LogP contribution in [0.3, 0.4) is 0 Å². The molecule has 0 aliphatic carbocycles. The number of hydrogen-bond acceptors (Lipinski definition) is 4. The van der Waals surface area contributed by atoms with Gasteiger partial charge < -0.3 is 25.0 Å². The van der Waals surface area contributed by atoms with Crippen molar-refractivity contribution < 1.29 is 9.84 Å². The van der Waals surface area contributed by atoms with E-state index in [0.29, 0.717) is 18.9 Å². The van der Waals surface area contributed by atoms with Gasteiger partial charge in [0, 0.05) is 45.3 Å². The maximum Gasteiger partial charge on any atom is 0.194 e. The number of aliphatic imine (C=N–C) groups is 1. The van der Waals surface area contributed by atoms with Gasteiger partial charge in [0.25, 0.3) is 0 Å². The molecule has 1 aliphatic rings. The number of guanidine groups is 1. The molecule has 0 unspecified atom stereocenters. The molecule has 3 rings (SSSR count). The number of rotatable bonds is 5. The van der Waals surface area contributed by atoms with Crippen molar-refractivity contribution in [3.63, 3.8) is 0 Å². The lowest BCUT2D eigenvalue weighted by atomic mass is 10.2. The molecule has 0 atom stereocenters. The molecule has 0 spiro atoms. The van der Waals surface area contributed by atoms with Gasteiger partial charge in [0.2, 0.25) is 0 Å². The summed E-state index contributed by atoms with van der Waals surface area (Å²) in [6.07, 6.45) is 0. The Labute approximate surface area is 161 Å². The van der Waals surface area contributed by atoms with E-state index in [0.717, 1.165) is 49.1 Å². The van der Waals surface area contributed by atoms with Gasteiger partial charge in [0.15, 0.2) is 5.96 Å². The van der Waals surface area contributed by atoms with Gasteiger partial charge in [0.1, 0.15) is 11.5 Å². The zero-order valence-corrected chi connectivity index (χ0v) is 16.1. The highest BCUT2D eigenvalue weighted by atomic mass is 16.5. The van der Waals surface area contributed by atoms with E-state index in [1.54, 1.807) is 6.07 Å². The van der Waals surface area contributed by atoms with E-state index < -0.39 is 0 Å². The normalized spacial score (nSPS) is 15.0. The first-order valence-corrected chi connectivity index (χ1v) is 9.42. The topological polar surface area (TPSA) is 60.3 Å². The smallest absolute Gasteiger partial charge is 0.194 e. The molecule has 1 fully saturated rings. The monoisotopic (exact) mass is 368 g/mol. The van der Waals surface area contributed by atoms with Crippen LogP contribution in [0.15, 0.2) is 53.5 Å². The van der Waals surface area contributed by atoms with Crippen molar-refractivity contribution in [2.24, 2.45) is 4.99 Å². The summed E-state index contributed by atoms with van der Waals surface area (Å²) in [6, 6.07) is 15.6. The van der Waals surface area contributed by atoms with Gasteiger partial charge in [-0.1, -0.05) is 30.3 Å². The van der Waals surface area contributed by atoms with Crippen molar-refractivity contribution in [1.29, 1.82) is 0 Å². The minimum atomic E-state index is 0.334. The van der Waals surface area contributed by atoms with Crippen molar-refractivity contribution >= 4 is 11.6 Å². The number of phenolic OH excluding ortho intramolecular Hbond substituents is 1. The Kier molecular flexibility index (Phi) is 6.41. The SMILES string of the molecule is CCOc1ccccc1CNC(=NC)N1CCN(c2ccccc2O)CC1. The first-order valence-electron chi connectivity index (χ1n) is 9.42. The van der Waals surface area contributed by atoms with Gasteiger partial charge in [-0.3, -0.25) is 4.99 Å². The van der Waals surface area contributed by atoms with Crippen LogP contribution in [0.5, 0.6) is 11.5 Å². The lowest BCUT2D eigenvalue weighted by molar-refractivity contribution is 0.335. The lowest BCUT2D eigenvalue weighted by Gasteiger charge is -2.37. The molecule has 144 valence electrons. The molecule has 0 aromatic heterocycles. The zero-order chi connectivity index (χ0) is 19.1. The molecule has 2 aromatic rings. The Hall–Kier alpha value is -2.89. The molecule has 2 N–H and O–H groups in total. The average molecular weight is 368 g/mol. The van der Waals surface area contributed by atoms with Crippen LogP contribution < -0.4 is 15.0 Å². The Bertz CT molecular complexity index is 770. The molecule has 1 heterocycles. The van der Waals surface area contributed by atoms with Gasteiger partial charge in [-0.25, -0.2) is 0 Å². The van der Waals surface area contributed by atoms with Crippen LogP contribution in [-0.4, -0.2) is 55.8 Å². The Morgan fingerprint density at radius 1 is 1.07 bits per heavy atom. The number of phenols is 1. The van der Waals surface area contributed by atoms with Crippen LogP contribution in [0.25, 0.3) is 0 Å². The van der Waals surface area contributed by atoms with E-state index in [1.807, 2.05) is 50.4 Å². The van der Waals surface area contributed by atoms with E-state index in [4.69, 9.17) is 4.74 Å². The Morgan fingerprint density at radius 3 is 2.48 bits per heavy atom. The highest BCUT2D eigenvalue weighted by molar-refractivity contribution is 5.80. The summed E-state index contributed by atoms with van der Waals surface area (Å²) < 4.78 is 5.70. The van der Waals surface area contributed by atoms with E-state index >= 15 is 0 Å². The summed E-state index contributed by atoms with van der Waals surface area (Å²) in [5.41, 5.74) is 2.01. The van der Waals surface area contributed by atoms with Crippen LogP contribution in [0.1, 0.15) is 12.5 Å². The first-order chi connectivity index (χ1) is 13.2. The van der Waals surface area contributed by atoms with Gasteiger partial charge in [-0.05, 0) is 25.1 Å². The lowest BCUT2D eigenvalue weighted by Crippen LogP contribution is -2.52. The van der Waals surface area contributed by atoms with Gasteiger partial charge in [0.05, 0.1) is 12.3 Å². The highest BCUT2D eigenvalue weighted by Gasteiger charge is 2.21. The van der Waals surface area contributed by atoms with E-state index in [2.05, 4.69) is 26.2 Å². The second kappa shape index (κ2) is 9.16. The van der Waals surface area contributed by atoms with Crippen molar-refractivity contribution in [1.82, 2.24) is 10.2 Å². The number of nitrogens with zero attached hydrogens (tertiary/aromatic N) is 3. The van der Waals surface area contributed by atoms with Gasteiger partial charge in [-0.2, -0.15) is 0 Å². The Balaban J connectivity index is 1.58. The molecule has 1 saturated heterocycles. The summed E-state index contributed by atoms with van der Waals surface area (Å²) in [5.74, 6) is 2.13.